The average Bonchev–Trinajstić information content (AvgIpc) is 2.85. The minimum atomic E-state index is -4.32. The average molecular weight is 351 g/mol. The second-order valence-electron chi connectivity index (χ2n) is 6.08. The summed E-state index contributed by atoms with van der Waals surface area (Å²) in [5, 5.41) is 2.92. The molecule has 1 fully saturated rings. The number of nitrogens with two attached hydrogens (primary N) is 1. The van der Waals surface area contributed by atoms with Crippen molar-refractivity contribution in [3.8, 4) is 0 Å². The third-order valence-electron chi connectivity index (χ3n) is 4.06. The Morgan fingerprint density at radius 2 is 1.91 bits per heavy atom. The normalized spacial score (nSPS) is 22.3. The Balaban J connectivity index is 0.00000264. The van der Waals surface area contributed by atoms with Crippen LogP contribution in [0.4, 0.5) is 13.2 Å². The summed E-state index contributed by atoms with van der Waals surface area (Å²) in [6.45, 7) is 1.85. The lowest BCUT2D eigenvalue weighted by molar-refractivity contribution is -0.137. The summed E-state index contributed by atoms with van der Waals surface area (Å²) < 4.78 is 37.5. The van der Waals surface area contributed by atoms with Crippen LogP contribution < -0.4 is 11.1 Å². The van der Waals surface area contributed by atoms with Crippen LogP contribution in [0.2, 0.25) is 0 Å². The van der Waals surface area contributed by atoms with Crippen LogP contribution in [-0.4, -0.2) is 18.0 Å². The van der Waals surface area contributed by atoms with Crippen molar-refractivity contribution in [2.24, 2.45) is 11.7 Å². The molecule has 0 heterocycles. The highest BCUT2D eigenvalue weighted by Crippen LogP contribution is 2.29. The van der Waals surface area contributed by atoms with Crippen molar-refractivity contribution in [2.45, 2.75) is 50.9 Å². The van der Waals surface area contributed by atoms with E-state index in [9.17, 15) is 18.0 Å². The summed E-state index contributed by atoms with van der Waals surface area (Å²) in [6, 6.07) is 5.02. The van der Waals surface area contributed by atoms with Crippen LogP contribution >= 0.6 is 12.4 Å². The second kappa shape index (κ2) is 8.02. The molecule has 0 aromatic heterocycles. The number of amides is 1. The summed E-state index contributed by atoms with van der Waals surface area (Å²) in [6.07, 6.45) is -1.44. The lowest BCUT2D eigenvalue weighted by atomic mass is 10.0. The van der Waals surface area contributed by atoms with Crippen LogP contribution in [0, 0.1) is 5.92 Å². The zero-order chi connectivity index (χ0) is 16.3. The molecule has 3 N–H and O–H groups in total. The first kappa shape index (κ1) is 19.8. The van der Waals surface area contributed by atoms with Gasteiger partial charge in [-0.2, -0.15) is 13.2 Å². The van der Waals surface area contributed by atoms with Gasteiger partial charge in [-0.15, -0.1) is 12.4 Å². The molecule has 1 aromatic carbocycles. The first-order valence-corrected chi connectivity index (χ1v) is 7.48. The highest BCUT2D eigenvalue weighted by Gasteiger charge is 2.30. The van der Waals surface area contributed by atoms with Crippen LogP contribution in [0.5, 0.6) is 0 Å². The predicted octanol–water partition coefficient (Wildman–Crippen LogP) is 3.30. The fraction of sp³-hybridized carbons (Fsp3) is 0.562. The number of hydrogen-bond acceptors (Lipinski definition) is 2. The van der Waals surface area contributed by atoms with Gasteiger partial charge < -0.3 is 11.1 Å². The lowest BCUT2D eigenvalue weighted by Crippen LogP contribution is -2.38. The van der Waals surface area contributed by atoms with E-state index in [4.69, 9.17) is 5.73 Å². The standard InChI is InChI=1S/C16H21F3N2O.ClH/c1-10(21-15(22)12-4-7-14(20)9-12)8-11-2-5-13(6-3-11)16(17,18)19;/h2-3,5-6,10,12,14H,4,7-9,20H2,1H3,(H,21,22);1H. The largest absolute Gasteiger partial charge is 0.416 e. The predicted molar refractivity (Wildman–Crippen MR) is 85.3 cm³/mol. The molecule has 130 valence electrons. The van der Waals surface area contributed by atoms with Crippen molar-refractivity contribution in [1.29, 1.82) is 0 Å². The van der Waals surface area contributed by atoms with Crippen molar-refractivity contribution in [3.63, 3.8) is 0 Å². The molecule has 0 spiro atoms. The third kappa shape index (κ3) is 5.70. The molecule has 1 amide bonds. The number of carbonyl (C=O) groups excluding carboxylic acids is 1. The highest BCUT2D eigenvalue weighted by atomic mass is 35.5. The number of rotatable bonds is 4. The van der Waals surface area contributed by atoms with Gasteiger partial charge >= 0.3 is 6.18 Å². The summed E-state index contributed by atoms with van der Waals surface area (Å²) in [5.41, 5.74) is 5.90. The smallest absolute Gasteiger partial charge is 0.353 e. The van der Waals surface area contributed by atoms with Gasteiger partial charge in [-0.3, -0.25) is 4.79 Å². The first-order valence-electron chi connectivity index (χ1n) is 7.48. The molecule has 0 bridgehead atoms. The Morgan fingerprint density at radius 3 is 2.39 bits per heavy atom. The highest BCUT2D eigenvalue weighted by molar-refractivity contribution is 5.85. The van der Waals surface area contributed by atoms with E-state index in [-0.39, 0.29) is 36.3 Å². The monoisotopic (exact) mass is 350 g/mol. The van der Waals surface area contributed by atoms with Gasteiger partial charge in [0.2, 0.25) is 5.91 Å². The maximum atomic E-state index is 12.5. The van der Waals surface area contributed by atoms with Crippen molar-refractivity contribution in [2.75, 3.05) is 0 Å². The van der Waals surface area contributed by atoms with Crippen LogP contribution in [-0.2, 0) is 17.4 Å². The Labute approximate surface area is 140 Å². The minimum absolute atomic E-state index is 0. The van der Waals surface area contributed by atoms with Gasteiger partial charge in [-0.05, 0) is 50.3 Å². The van der Waals surface area contributed by atoms with E-state index in [0.29, 0.717) is 12.8 Å². The fourth-order valence-electron chi connectivity index (χ4n) is 2.85. The van der Waals surface area contributed by atoms with Gasteiger partial charge in [0.05, 0.1) is 5.56 Å². The molecule has 1 aliphatic carbocycles. The lowest BCUT2D eigenvalue weighted by Gasteiger charge is -2.17. The zero-order valence-corrected chi connectivity index (χ0v) is 13.7. The van der Waals surface area contributed by atoms with E-state index in [1.807, 2.05) is 6.92 Å². The van der Waals surface area contributed by atoms with Gasteiger partial charge in [-0.1, -0.05) is 12.1 Å². The summed E-state index contributed by atoms with van der Waals surface area (Å²) in [5.74, 6) is -0.0441. The molecule has 0 aliphatic heterocycles. The van der Waals surface area contributed by atoms with Gasteiger partial charge in [-0.25, -0.2) is 0 Å². The molecule has 0 radical (unpaired) electrons. The Morgan fingerprint density at radius 1 is 1.30 bits per heavy atom. The molecule has 7 heteroatoms. The van der Waals surface area contributed by atoms with E-state index < -0.39 is 11.7 Å². The molecule has 3 atom stereocenters. The Hall–Kier alpha value is -1.27. The topological polar surface area (TPSA) is 55.1 Å². The molecule has 3 unspecified atom stereocenters. The quantitative estimate of drug-likeness (QED) is 0.875. The molecule has 1 aliphatic rings. The molecule has 1 aromatic rings. The Bertz CT molecular complexity index is 519. The molecule has 0 saturated heterocycles. The minimum Gasteiger partial charge on any atom is -0.353 e. The maximum absolute atomic E-state index is 12.5. The van der Waals surface area contributed by atoms with Crippen LogP contribution in [0.25, 0.3) is 0 Å². The SMILES string of the molecule is CC(Cc1ccc(C(F)(F)F)cc1)NC(=O)C1CCC(N)C1.Cl. The van der Waals surface area contributed by atoms with Gasteiger partial charge in [0.15, 0.2) is 0 Å². The van der Waals surface area contributed by atoms with E-state index in [1.165, 1.54) is 12.1 Å². The summed E-state index contributed by atoms with van der Waals surface area (Å²) in [7, 11) is 0. The number of hydrogen-bond donors (Lipinski definition) is 2. The van der Waals surface area contributed by atoms with E-state index in [1.54, 1.807) is 0 Å². The molecular weight excluding hydrogens is 329 g/mol. The fourth-order valence-corrected chi connectivity index (χ4v) is 2.85. The second-order valence-corrected chi connectivity index (χ2v) is 6.08. The van der Waals surface area contributed by atoms with E-state index >= 15 is 0 Å². The van der Waals surface area contributed by atoms with E-state index in [0.717, 1.165) is 30.5 Å². The summed E-state index contributed by atoms with van der Waals surface area (Å²) >= 11 is 0. The Kier molecular flexibility index (Phi) is 6.89. The van der Waals surface area contributed by atoms with Gasteiger partial charge in [0, 0.05) is 18.0 Å². The number of alkyl halides is 3. The zero-order valence-electron chi connectivity index (χ0n) is 12.9. The number of carbonyl (C=O) groups is 1. The number of benzene rings is 1. The first-order chi connectivity index (χ1) is 10.3. The van der Waals surface area contributed by atoms with Crippen LogP contribution in [0.1, 0.15) is 37.3 Å². The molecule has 2 rings (SSSR count). The number of halogens is 4. The van der Waals surface area contributed by atoms with E-state index in [2.05, 4.69) is 5.32 Å². The van der Waals surface area contributed by atoms with Crippen LogP contribution in [0.15, 0.2) is 24.3 Å². The van der Waals surface area contributed by atoms with Gasteiger partial charge in [0.1, 0.15) is 0 Å². The third-order valence-corrected chi connectivity index (χ3v) is 4.06. The van der Waals surface area contributed by atoms with Crippen molar-refractivity contribution >= 4 is 18.3 Å². The van der Waals surface area contributed by atoms with Crippen LogP contribution in [0.3, 0.4) is 0 Å². The molecule has 1 saturated carbocycles. The maximum Gasteiger partial charge on any atom is 0.416 e. The number of nitrogens with one attached hydrogen (secondary N) is 1. The van der Waals surface area contributed by atoms with Gasteiger partial charge in [0.25, 0.3) is 0 Å². The van der Waals surface area contributed by atoms with Crippen molar-refractivity contribution in [1.82, 2.24) is 5.32 Å². The molecule has 23 heavy (non-hydrogen) atoms. The molecule has 3 nitrogen and oxygen atoms in total. The van der Waals surface area contributed by atoms with Crippen molar-refractivity contribution < 1.29 is 18.0 Å². The molecular formula is C16H22ClF3N2O. The summed E-state index contributed by atoms with van der Waals surface area (Å²) in [4.78, 5) is 12.1. The van der Waals surface area contributed by atoms with Crippen molar-refractivity contribution in [3.05, 3.63) is 35.4 Å².